The third kappa shape index (κ3) is 6.87. The number of hydrogen-bond acceptors (Lipinski definition) is 6. The SMILES string of the molecule is N[C@@H](CC(=O)O)C(=O)N[C@@H](Cc1ccccc1)C(=O)N[C@@H](CO)C(=O)O. The van der Waals surface area contributed by atoms with E-state index in [-0.39, 0.29) is 6.42 Å². The number of carbonyl (C=O) groups is 4. The summed E-state index contributed by atoms with van der Waals surface area (Å²) in [5.41, 5.74) is 6.15. The van der Waals surface area contributed by atoms with E-state index in [0.29, 0.717) is 5.56 Å². The molecule has 0 aromatic heterocycles. The number of amides is 2. The minimum Gasteiger partial charge on any atom is -0.481 e. The van der Waals surface area contributed by atoms with Gasteiger partial charge in [0.15, 0.2) is 0 Å². The quantitative estimate of drug-likeness (QED) is 0.277. The summed E-state index contributed by atoms with van der Waals surface area (Å²) < 4.78 is 0. The Kier molecular flexibility index (Phi) is 8.19. The van der Waals surface area contributed by atoms with Crippen LogP contribution >= 0.6 is 0 Å². The molecule has 142 valence electrons. The zero-order valence-electron chi connectivity index (χ0n) is 13.8. The van der Waals surface area contributed by atoms with Crippen molar-refractivity contribution < 1.29 is 34.5 Å². The molecule has 2 amide bonds. The summed E-state index contributed by atoms with van der Waals surface area (Å²) in [6.45, 7) is -0.828. The lowest BCUT2D eigenvalue weighted by Crippen LogP contribution is -2.56. The molecule has 0 fully saturated rings. The van der Waals surface area contributed by atoms with Gasteiger partial charge in [0.05, 0.1) is 19.1 Å². The predicted molar refractivity (Wildman–Crippen MR) is 89.0 cm³/mol. The van der Waals surface area contributed by atoms with Crippen LogP contribution < -0.4 is 16.4 Å². The van der Waals surface area contributed by atoms with Crippen molar-refractivity contribution in [3.05, 3.63) is 35.9 Å². The Hall–Kier alpha value is -2.98. The first kappa shape index (κ1) is 21.1. The average molecular weight is 367 g/mol. The number of rotatable bonds is 10. The number of aliphatic hydroxyl groups is 1. The van der Waals surface area contributed by atoms with E-state index < -0.39 is 54.9 Å². The Morgan fingerprint density at radius 3 is 2.04 bits per heavy atom. The molecule has 0 aliphatic carbocycles. The van der Waals surface area contributed by atoms with Crippen molar-refractivity contribution in [1.82, 2.24) is 10.6 Å². The van der Waals surface area contributed by atoms with Gasteiger partial charge in [0.1, 0.15) is 12.1 Å². The second-order valence-corrected chi connectivity index (χ2v) is 5.54. The second kappa shape index (κ2) is 10.1. The first-order chi connectivity index (χ1) is 12.2. The van der Waals surface area contributed by atoms with Gasteiger partial charge >= 0.3 is 11.9 Å². The van der Waals surface area contributed by atoms with Crippen LogP contribution in [0, 0.1) is 0 Å². The Morgan fingerprint density at radius 2 is 1.54 bits per heavy atom. The number of carboxylic acids is 2. The van der Waals surface area contributed by atoms with Crippen LogP contribution in [-0.4, -0.2) is 63.8 Å². The van der Waals surface area contributed by atoms with E-state index in [1.54, 1.807) is 30.3 Å². The van der Waals surface area contributed by atoms with Gasteiger partial charge < -0.3 is 31.7 Å². The zero-order chi connectivity index (χ0) is 19.7. The van der Waals surface area contributed by atoms with Gasteiger partial charge in [-0.2, -0.15) is 0 Å². The number of carboxylic acid groups (broad SMARTS) is 2. The third-order valence-electron chi connectivity index (χ3n) is 3.44. The standard InChI is InChI=1S/C16H21N3O7/c17-10(7-13(21)22)14(23)18-11(6-9-4-2-1-3-5-9)15(24)19-12(8-20)16(25)26/h1-5,10-12,20H,6-8,17H2,(H,18,23)(H,19,24)(H,21,22)(H,25,26)/t10-,11-,12-/m0/s1. The number of nitrogens with two attached hydrogens (primary N) is 1. The van der Waals surface area contributed by atoms with Crippen molar-refractivity contribution in [3.8, 4) is 0 Å². The van der Waals surface area contributed by atoms with Crippen LogP contribution in [0.2, 0.25) is 0 Å². The number of carbonyl (C=O) groups excluding carboxylic acids is 2. The Morgan fingerprint density at radius 1 is 0.962 bits per heavy atom. The highest BCUT2D eigenvalue weighted by atomic mass is 16.4. The fraction of sp³-hybridized carbons (Fsp3) is 0.375. The molecule has 10 heteroatoms. The Labute approximate surface area is 149 Å². The van der Waals surface area contributed by atoms with Gasteiger partial charge in [0, 0.05) is 6.42 Å². The fourth-order valence-corrected chi connectivity index (χ4v) is 2.08. The molecule has 0 spiro atoms. The lowest BCUT2D eigenvalue weighted by atomic mass is 10.0. The highest BCUT2D eigenvalue weighted by molar-refractivity contribution is 5.93. The van der Waals surface area contributed by atoms with Crippen LogP contribution in [0.4, 0.5) is 0 Å². The first-order valence-electron chi connectivity index (χ1n) is 7.70. The number of nitrogens with one attached hydrogen (secondary N) is 2. The monoisotopic (exact) mass is 367 g/mol. The normalized spacial score (nSPS) is 13.9. The summed E-state index contributed by atoms with van der Waals surface area (Å²) >= 11 is 0. The van der Waals surface area contributed by atoms with Gasteiger partial charge in [0.25, 0.3) is 0 Å². The van der Waals surface area contributed by atoms with E-state index in [9.17, 15) is 19.2 Å². The van der Waals surface area contributed by atoms with E-state index in [4.69, 9.17) is 21.1 Å². The van der Waals surface area contributed by atoms with Gasteiger partial charge in [0.2, 0.25) is 11.8 Å². The summed E-state index contributed by atoms with van der Waals surface area (Å²) in [6.07, 6.45) is -0.601. The molecule has 0 aliphatic rings. The van der Waals surface area contributed by atoms with E-state index >= 15 is 0 Å². The van der Waals surface area contributed by atoms with Gasteiger partial charge in [-0.15, -0.1) is 0 Å². The molecule has 0 saturated heterocycles. The molecule has 10 nitrogen and oxygen atoms in total. The minimum absolute atomic E-state index is 0.0238. The number of aliphatic carboxylic acids is 2. The summed E-state index contributed by atoms with van der Waals surface area (Å²) in [7, 11) is 0. The highest BCUT2D eigenvalue weighted by Gasteiger charge is 2.28. The average Bonchev–Trinajstić information content (AvgIpc) is 2.58. The molecule has 0 radical (unpaired) electrons. The maximum absolute atomic E-state index is 12.3. The summed E-state index contributed by atoms with van der Waals surface area (Å²) in [5, 5.41) is 31.1. The third-order valence-corrected chi connectivity index (χ3v) is 3.44. The van der Waals surface area contributed by atoms with Crippen LogP contribution in [0.1, 0.15) is 12.0 Å². The zero-order valence-corrected chi connectivity index (χ0v) is 13.8. The lowest BCUT2D eigenvalue weighted by molar-refractivity contribution is -0.143. The smallest absolute Gasteiger partial charge is 0.328 e. The van der Waals surface area contributed by atoms with E-state index in [0.717, 1.165) is 0 Å². The van der Waals surface area contributed by atoms with Gasteiger partial charge in [-0.25, -0.2) is 4.79 Å². The van der Waals surface area contributed by atoms with Gasteiger partial charge in [-0.1, -0.05) is 30.3 Å². The molecule has 1 aromatic carbocycles. The molecule has 0 aliphatic heterocycles. The van der Waals surface area contributed by atoms with E-state index in [1.807, 2.05) is 0 Å². The number of aliphatic hydroxyl groups excluding tert-OH is 1. The maximum Gasteiger partial charge on any atom is 0.328 e. The molecule has 0 bridgehead atoms. The van der Waals surface area contributed by atoms with Crippen molar-refractivity contribution in [3.63, 3.8) is 0 Å². The summed E-state index contributed by atoms with van der Waals surface area (Å²) in [6, 6.07) is 4.49. The Balaban J connectivity index is 2.90. The predicted octanol–water partition coefficient (Wildman–Crippen LogP) is -1.92. The van der Waals surface area contributed by atoms with Gasteiger partial charge in [-0.3, -0.25) is 14.4 Å². The summed E-state index contributed by atoms with van der Waals surface area (Å²) in [4.78, 5) is 46.0. The lowest BCUT2D eigenvalue weighted by Gasteiger charge is -2.22. The summed E-state index contributed by atoms with van der Waals surface area (Å²) in [5.74, 6) is -4.42. The van der Waals surface area contributed by atoms with Crippen molar-refractivity contribution in [2.45, 2.75) is 31.0 Å². The Bertz CT molecular complexity index is 651. The number of benzene rings is 1. The van der Waals surface area contributed by atoms with Gasteiger partial charge in [-0.05, 0) is 5.56 Å². The largest absolute Gasteiger partial charge is 0.481 e. The van der Waals surface area contributed by atoms with Crippen molar-refractivity contribution in [2.24, 2.45) is 5.73 Å². The van der Waals surface area contributed by atoms with E-state index in [1.165, 1.54) is 0 Å². The van der Waals surface area contributed by atoms with Crippen molar-refractivity contribution in [2.75, 3.05) is 6.61 Å². The van der Waals surface area contributed by atoms with E-state index in [2.05, 4.69) is 10.6 Å². The van der Waals surface area contributed by atoms with Crippen LogP contribution in [0.3, 0.4) is 0 Å². The molecule has 3 atom stereocenters. The van der Waals surface area contributed by atoms with Crippen LogP contribution in [-0.2, 0) is 25.6 Å². The fourth-order valence-electron chi connectivity index (χ4n) is 2.08. The van der Waals surface area contributed by atoms with Crippen LogP contribution in [0.25, 0.3) is 0 Å². The van der Waals surface area contributed by atoms with Crippen LogP contribution in [0.5, 0.6) is 0 Å². The first-order valence-corrected chi connectivity index (χ1v) is 7.70. The molecular formula is C16H21N3O7. The molecule has 1 rings (SSSR count). The van der Waals surface area contributed by atoms with Crippen molar-refractivity contribution >= 4 is 23.8 Å². The molecular weight excluding hydrogens is 346 g/mol. The minimum atomic E-state index is -1.54. The van der Waals surface area contributed by atoms with Crippen LogP contribution in [0.15, 0.2) is 30.3 Å². The second-order valence-electron chi connectivity index (χ2n) is 5.54. The molecule has 1 aromatic rings. The molecule has 26 heavy (non-hydrogen) atoms. The topological polar surface area (TPSA) is 179 Å². The highest BCUT2D eigenvalue weighted by Crippen LogP contribution is 2.05. The maximum atomic E-state index is 12.3. The molecule has 0 heterocycles. The number of hydrogen-bond donors (Lipinski definition) is 6. The van der Waals surface area contributed by atoms with Crippen molar-refractivity contribution in [1.29, 1.82) is 0 Å². The molecule has 0 saturated carbocycles. The molecule has 7 N–H and O–H groups in total. The molecule has 0 unspecified atom stereocenters.